The highest BCUT2D eigenvalue weighted by atomic mass is 16.4. The number of aryl methyl sites for hydroxylation is 1. The molecular formula is C38H54N10O13. The van der Waals surface area contributed by atoms with E-state index in [0.717, 1.165) is 34.5 Å². The van der Waals surface area contributed by atoms with Crippen LogP contribution in [0.5, 0.6) is 0 Å². The van der Waals surface area contributed by atoms with Gasteiger partial charge in [-0.05, 0) is 43.7 Å². The first-order valence-corrected chi connectivity index (χ1v) is 19.6. The van der Waals surface area contributed by atoms with Gasteiger partial charge in [0.15, 0.2) is 0 Å². The van der Waals surface area contributed by atoms with Crippen LogP contribution in [0.1, 0.15) is 48.9 Å². The van der Waals surface area contributed by atoms with Crippen molar-refractivity contribution < 1.29 is 63.9 Å². The number of carbonyl (C=O) groups excluding carboxylic acids is 3. The maximum atomic E-state index is 12.9. The van der Waals surface area contributed by atoms with E-state index in [-0.39, 0.29) is 52.2 Å². The zero-order valence-corrected chi connectivity index (χ0v) is 33.7. The van der Waals surface area contributed by atoms with E-state index in [1.165, 1.54) is 9.80 Å². The first kappa shape index (κ1) is 48.9. The zero-order chi connectivity index (χ0) is 44.7. The third-order valence-electron chi connectivity index (χ3n) is 9.18. The highest BCUT2D eigenvalue weighted by Gasteiger charge is 2.22. The summed E-state index contributed by atoms with van der Waals surface area (Å²) < 4.78 is 1.83. The predicted octanol–water partition coefficient (Wildman–Crippen LogP) is -1.45. The number of aliphatic carboxylic acids is 5. The molecule has 1 aliphatic rings. The minimum atomic E-state index is -1.38. The van der Waals surface area contributed by atoms with E-state index in [9.17, 15) is 53.7 Å². The number of nitrogens with zero attached hydrogens (tertiary/aromatic N) is 6. The van der Waals surface area contributed by atoms with Gasteiger partial charge in [-0.25, -0.2) is 4.79 Å². The van der Waals surface area contributed by atoms with Crippen molar-refractivity contribution in [2.45, 2.75) is 51.1 Å². The van der Waals surface area contributed by atoms with Gasteiger partial charge in [0, 0.05) is 76.1 Å². The molecule has 0 radical (unpaired) electrons. The number of amides is 3. The van der Waals surface area contributed by atoms with E-state index in [4.69, 9.17) is 10.2 Å². The van der Waals surface area contributed by atoms with Gasteiger partial charge in [-0.1, -0.05) is 12.5 Å². The lowest BCUT2D eigenvalue weighted by Crippen LogP contribution is -2.48. The van der Waals surface area contributed by atoms with Crippen LogP contribution in [-0.2, 0) is 40.1 Å². The molecule has 23 heteroatoms. The Kier molecular flexibility index (Phi) is 20.8. The van der Waals surface area contributed by atoms with Gasteiger partial charge in [-0.15, -0.1) is 0 Å². The van der Waals surface area contributed by atoms with Crippen molar-refractivity contribution in [3.63, 3.8) is 0 Å². The first-order valence-electron chi connectivity index (χ1n) is 19.6. The molecule has 9 N–H and O–H groups in total. The second-order valence-corrected chi connectivity index (χ2v) is 14.2. The largest absolute Gasteiger partial charge is 0.480 e. The predicted molar refractivity (Wildman–Crippen MR) is 217 cm³/mol. The summed E-state index contributed by atoms with van der Waals surface area (Å²) in [5.74, 6) is -6.95. The fourth-order valence-electron chi connectivity index (χ4n) is 6.20. The molecule has 1 atom stereocenters. The minimum absolute atomic E-state index is 0.0163. The molecule has 2 aromatic rings. The van der Waals surface area contributed by atoms with Gasteiger partial charge in [0.05, 0.1) is 44.4 Å². The van der Waals surface area contributed by atoms with Crippen molar-refractivity contribution in [3.05, 3.63) is 42.2 Å². The number of carbonyl (C=O) groups is 8. The highest BCUT2D eigenvalue weighted by Crippen LogP contribution is 2.16. The van der Waals surface area contributed by atoms with Crippen LogP contribution in [0.15, 0.2) is 41.7 Å². The van der Waals surface area contributed by atoms with E-state index < -0.39 is 79.8 Å². The minimum Gasteiger partial charge on any atom is -0.480 e. The smallest absolute Gasteiger partial charge is 0.328 e. The molecule has 3 amide bonds. The van der Waals surface area contributed by atoms with Gasteiger partial charge in [-0.2, -0.15) is 5.10 Å². The molecule has 0 saturated carbocycles. The van der Waals surface area contributed by atoms with Crippen LogP contribution < -0.4 is 21.3 Å². The van der Waals surface area contributed by atoms with E-state index in [0.29, 0.717) is 37.9 Å². The number of aliphatic imine (C=N–C) groups is 1. The molecule has 0 aliphatic carbocycles. The Balaban J connectivity index is 1.36. The second-order valence-electron chi connectivity index (χ2n) is 14.2. The summed E-state index contributed by atoms with van der Waals surface area (Å²) in [5.41, 5.74) is 1.13. The summed E-state index contributed by atoms with van der Waals surface area (Å²) in [7, 11) is 0. The summed E-state index contributed by atoms with van der Waals surface area (Å²) in [6, 6.07) is 3.65. The monoisotopic (exact) mass is 858 g/mol. The lowest BCUT2D eigenvalue weighted by molar-refractivity contribution is -0.143. The van der Waals surface area contributed by atoms with E-state index in [2.05, 4.69) is 31.4 Å². The molecule has 334 valence electrons. The van der Waals surface area contributed by atoms with Crippen molar-refractivity contribution in [1.29, 1.82) is 0 Å². The van der Waals surface area contributed by atoms with Gasteiger partial charge in [0.2, 0.25) is 11.8 Å². The number of fused-ring (bicyclic) bond motifs is 1. The molecule has 1 aliphatic heterocycles. The standard InChI is InChI=1S/C38H54N10O13/c49-31(44-28(38(60)61)20-42-37(59)26-8-9-29-27(18-26)19-43-48(29)13-5-12-40-30-6-4-11-39-30)7-2-1-3-10-41-32(50)21-46(23-34(53)54)16-14-45(22-33(51)52)15-17-47(24-35(55)56)25-36(57)58/h4,8-9,11,18-19,28H,1-3,5-7,10,12-17,20-25H2,(H,39,40)(H,41,50)(H,42,59)(H,44,49)(H,51,52)(H,53,54)(H,55,56)(H,57,58)(H,60,61)/t28-/m0/s1. The van der Waals surface area contributed by atoms with Crippen LogP contribution in [-0.4, -0.2) is 188 Å². The van der Waals surface area contributed by atoms with Crippen LogP contribution in [0, 0.1) is 0 Å². The molecule has 2 heterocycles. The summed E-state index contributed by atoms with van der Waals surface area (Å²) >= 11 is 0. The van der Waals surface area contributed by atoms with E-state index in [1.807, 2.05) is 17.0 Å². The SMILES string of the molecule is O=C(O)CN(CCN(CC(=O)O)CC(=O)O)CCN(CC(=O)O)CC(=O)NCCCCCC(=O)N[C@@H](CNC(=O)c1ccc2c(cnn2CCCN=C2CC=CN2)c1)C(=O)O. The number of hydrogen-bond acceptors (Lipinski definition) is 13. The highest BCUT2D eigenvalue weighted by molar-refractivity contribution is 5.98. The quantitative estimate of drug-likeness (QED) is 0.0392. The Hall–Kier alpha value is -6.46. The maximum absolute atomic E-state index is 12.9. The number of rotatable bonds is 31. The second kappa shape index (κ2) is 25.9. The molecular weight excluding hydrogens is 804 g/mol. The summed E-state index contributed by atoms with van der Waals surface area (Å²) in [6.45, 7) is -1.61. The molecule has 1 aromatic heterocycles. The number of amidine groups is 1. The third kappa shape index (κ3) is 19.4. The molecule has 3 rings (SSSR count). The number of aromatic nitrogens is 2. The molecule has 0 bridgehead atoms. The van der Waals surface area contributed by atoms with Crippen molar-refractivity contribution >= 4 is 64.3 Å². The average molecular weight is 859 g/mol. The Labute approximate surface area is 350 Å². The maximum Gasteiger partial charge on any atom is 0.328 e. The molecule has 0 fully saturated rings. The molecule has 23 nitrogen and oxygen atoms in total. The van der Waals surface area contributed by atoms with Crippen molar-refractivity contribution in [2.75, 3.05) is 78.5 Å². The topological polar surface area (TPSA) is 326 Å². The molecule has 0 saturated heterocycles. The summed E-state index contributed by atoms with van der Waals surface area (Å²) in [4.78, 5) is 103. The number of carboxylic acid groups (broad SMARTS) is 5. The van der Waals surface area contributed by atoms with E-state index in [1.54, 1.807) is 24.4 Å². The molecule has 0 unspecified atom stereocenters. The van der Waals surface area contributed by atoms with Crippen molar-refractivity contribution in [3.8, 4) is 0 Å². The fourth-order valence-corrected chi connectivity index (χ4v) is 6.20. The molecule has 61 heavy (non-hydrogen) atoms. The Morgan fingerprint density at radius 3 is 1.98 bits per heavy atom. The van der Waals surface area contributed by atoms with E-state index >= 15 is 0 Å². The van der Waals surface area contributed by atoms with Gasteiger partial charge in [0.1, 0.15) is 11.9 Å². The fraction of sp³-hybridized carbons (Fsp3) is 0.526. The van der Waals surface area contributed by atoms with Crippen LogP contribution in [0.4, 0.5) is 0 Å². The summed E-state index contributed by atoms with van der Waals surface area (Å²) in [6.07, 6.45) is 8.33. The Morgan fingerprint density at radius 2 is 1.38 bits per heavy atom. The van der Waals surface area contributed by atoms with Crippen LogP contribution in [0.25, 0.3) is 10.9 Å². The number of hydrogen-bond donors (Lipinski definition) is 9. The lowest BCUT2D eigenvalue weighted by atomic mass is 10.1. The Bertz CT molecular complexity index is 1890. The number of nitrogens with one attached hydrogen (secondary N) is 4. The van der Waals surface area contributed by atoms with Gasteiger partial charge >= 0.3 is 29.8 Å². The zero-order valence-electron chi connectivity index (χ0n) is 33.7. The summed E-state index contributed by atoms with van der Waals surface area (Å²) in [5, 5.41) is 62.2. The van der Waals surface area contributed by atoms with Crippen molar-refractivity contribution in [2.24, 2.45) is 4.99 Å². The van der Waals surface area contributed by atoms with Gasteiger partial charge < -0.3 is 46.8 Å². The number of unbranched alkanes of at least 4 members (excludes halogenated alkanes) is 2. The van der Waals surface area contributed by atoms with Gasteiger partial charge in [0.25, 0.3) is 5.91 Å². The van der Waals surface area contributed by atoms with Crippen LogP contribution in [0.2, 0.25) is 0 Å². The average Bonchev–Trinajstić information content (AvgIpc) is 3.86. The Morgan fingerprint density at radius 1 is 0.754 bits per heavy atom. The van der Waals surface area contributed by atoms with Gasteiger partial charge in [-0.3, -0.25) is 57.9 Å². The normalized spacial score (nSPS) is 13.4. The first-order chi connectivity index (χ1) is 29.1. The third-order valence-corrected chi connectivity index (χ3v) is 9.18. The molecule has 1 aromatic carbocycles. The van der Waals surface area contributed by atoms with Crippen molar-refractivity contribution in [1.82, 2.24) is 45.7 Å². The van der Waals surface area contributed by atoms with Crippen LogP contribution in [0.3, 0.4) is 0 Å². The lowest BCUT2D eigenvalue weighted by Gasteiger charge is -2.27. The number of carboxylic acids is 5. The van der Waals surface area contributed by atoms with Crippen LogP contribution >= 0.6 is 0 Å². The molecule has 0 spiro atoms. The number of benzene rings is 1.